The van der Waals surface area contributed by atoms with Gasteiger partial charge in [0.25, 0.3) is 0 Å². The Morgan fingerprint density at radius 2 is 1.45 bits per heavy atom. The molecule has 1 heterocycles. The number of hydrogen-bond acceptors (Lipinski definition) is 3. The van der Waals surface area contributed by atoms with Crippen molar-refractivity contribution in [3.63, 3.8) is 0 Å². The van der Waals surface area contributed by atoms with Gasteiger partial charge in [-0.2, -0.15) is 0 Å². The number of fused-ring (bicyclic) bond motifs is 7. The third kappa shape index (κ3) is 6.46. The zero-order chi connectivity index (χ0) is 34.3. The third-order valence-electron chi connectivity index (χ3n) is 10.8. The molecule has 255 valence electrons. The molecule has 1 aromatic heterocycles. The van der Waals surface area contributed by atoms with E-state index in [1.54, 1.807) is 0 Å². The molecule has 0 saturated carbocycles. The van der Waals surface area contributed by atoms with E-state index < -0.39 is 0 Å². The van der Waals surface area contributed by atoms with Gasteiger partial charge in [-0.15, -0.1) is 23.6 Å². The molecule has 0 atom stereocenters. The van der Waals surface area contributed by atoms with Crippen molar-refractivity contribution in [2.45, 2.75) is 86.5 Å². The summed E-state index contributed by atoms with van der Waals surface area (Å²) in [6.07, 6.45) is 6.88. The Bertz CT molecular complexity index is 2220. The Hall–Kier alpha value is -3.85. The van der Waals surface area contributed by atoms with Crippen LogP contribution in [-0.2, 0) is 30.3 Å². The second-order valence-corrected chi connectivity index (χ2v) is 14.1. The molecular formula is C45H48IrNO2-. The molecule has 49 heavy (non-hydrogen) atoms. The molecule has 0 bridgehead atoms. The summed E-state index contributed by atoms with van der Waals surface area (Å²) in [7, 11) is 0. The number of rotatable bonds is 7. The Morgan fingerprint density at radius 1 is 0.796 bits per heavy atom. The molecule has 3 nitrogen and oxygen atoms in total. The van der Waals surface area contributed by atoms with Crippen LogP contribution in [-0.4, -0.2) is 15.9 Å². The van der Waals surface area contributed by atoms with Gasteiger partial charge in [-0.05, 0) is 94.5 Å². The summed E-state index contributed by atoms with van der Waals surface area (Å²) in [5, 5.41) is 20.0. The van der Waals surface area contributed by atoms with Crippen molar-refractivity contribution < 1.29 is 30.0 Å². The van der Waals surface area contributed by atoms with Crippen LogP contribution in [0, 0.1) is 31.7 Å². The van der Waals surface area contributed by atoms with E-state index in [-0.39, 0.29) is 48.9 Å². The van der Waals surface area contributed by atoms with Gasteiger partial charge in [-0.3, -0.25) is 9.78 Å². The Labute approximate surface area is 305 Å². The number of pyridine rings is 1. The van der Waals surface area contributed by atoms with E-state index in [1.807, 2.05) is 33.9 Å². The van der Waals surface area contributed by atoms with Gasteiger partial charge < -0.3 is 5.11 Å². The number of nitrogens with zero attached hydrogens (tertiary/aromatic N) is 1. The zero-order valence-electron chi connectivity index (χ0n) is 30.1. The van der Waals surface area contributed by atoms with Gasteiger partial charge in [0, 0.05) is 49.9 Å². The summed E-state index contributed by atoms with van der Waals surface area (Å²) in [4.78, 5) is 16.6. The molecular weight excluding hydrogens is 779 g/mol. The van der Waals surface area contributed by atoms with Crippen molar-refractivity contribution in [3.05, 3.63) is 113 Å². The first kappa shape index (κ1) is 36.4. The molecule has 0 spiro atoms. The predicted octanol–water partition coefficient (Wildman–Crippen LogP) is 12.3. The minimum absolute atomic E-state index is 0. The maximum Gasteiger partial charge on any atom is 0.162 e. The fourth-order valence-corrected chi connectivity index (χ4v) is 7.84. The van der Waals surface area contributed by atoms with Crippen molar-refractivity contribution in [3.8, 4) is 11.3 Å². The molecule has 4 heteroatoms. The molecule has 0 amide bonds. The summed E-state index contributed by atoms with van der Waals surface area (Å²) in [5.41, 5.74) is 7.36. The monoisotopic (exact) mass is 827 g/mol. The molecule has 0 aliphatic heterocycles. The number of hydrogen-bond donors (Lipinski definition) is 1. The van der Waals surface area contributed by atoms with Crippen molar-refractivity contribution in [2.24, 2.45) is 11.8 Å². The smallest absolute Gasteiger partial charge is 0.162 e. The second-order valence-electron chi connectivity index (χ2n) is 14.1. The van der Waals surface area contributed by atoms with Crippen molar-refractivity contribution >= 4 is 48.9 Å². The van der Waals surface area contributed by atoms with Crippen LogP contribution in [0.4, 0.5) is 0 Å². The number of benzene rings is 5. The topological polar surface area (TPSA) is 50.2 Å². The standard InChI is InChI=1S/C32H24N.C13H24O2.Ir/c1-18-13-19(2)22-9-10-23-24-11-12-33-31-27-15-20-7-5-6-8-21(20)16-28(27)32(3,4)29(30(24)31)17-26(23)25(22)14-18;1-5-10(6-2)12(14)9-13(15)11(7-3)8-4;/h5-14,16-17H,1-4H3;9-11,14H,5-8H2,1-4H3;/q-1;;/b;12-9-;. The van der Waals surface area contributed by atoms with E-state index in [9.17, 15) is 9.90 Å². The van der Waals surface area contributed by atoms with Gasteiger partial charge in [0.1, 0.15) is 0 Å². The molecule has 1 aliphatic rings. The Balaban J connectivity index is 0.000000252. The van der Waals surface area contributed by atoms with Crippen molar-refractivity contribution in [1.29, 1.82) is 0 Å². The van der Waals surface area contributed by atoms with Crippen LogP contribution in [0.15, 0.2) is 84.8 Å². The van der Waals surface area contributed by atoms with Gasteiger partial charge >= 0.3 is 0 Å². The molecule has 1 aliphatic carbocycles. The number of aromatic nitrogens is 1. The number of carbonyl (C=O) groups excluding carboxylic acids is 1. The molecule has 0 fully saturated rings. The first-order valence-corrected chi connectivity index (χ1v) is 17.7. The Kier molecular flexibility index (Phi) is 10.8. The largest absolute Gasteiger partial charge is 0.512 e. The van der Waals surface area contributed by atoms with Crippen LogP contribution >= 0.6 is 0 Å². The van der Waals surface area contributed by atoms with E-state index in [1.165, 1.54) is 66.0 Å². The first-order chi connectivity index (χ1) is 23.0. The summed E-state index contributed by atoms with van der Waals surface area (Å²) >= 11 is 0. The molecule has 5 aromatic carbocycles. The predicted molar refractivity (Wildman–Crippen MR) is 204 cm³/mol. The molecule has 1 radical (unpaired) electrons. The summed E-state index contributed by atoms with van der Waals surface area (Å²) in [6.45, 7) is 17.2. The summed E-state index contributed by atoms with van der Waals surface area (Å²) in [5.74, 6) is 0.547. The van der Waals surface area contributed by atoms with Gasteiger partial charge in [0.2, 0.25) is 0 Å². The van der Waals surface area contributed by atoms with Crippen LogP contribution in [0.1, 0.15) is 89.5 Å². The summed E-state index contributed by atoms with van der Waals surface area (Å²) < 4.78 is 0. The molecule has 7 rings (SSSR count). The van der Waals surface area contributed by atoms with E-state index >= 15 is 0 Å². The van der Waals surface area contributed by atoms with Crippen molar-refractivity contribution in [1.82, 2.24) is 4.98 Å². The number of allylic oxidation sites excluding steroid dienone is 2. The molecule has 1 N–H and O–H groups in total. The van der Waals surface area contributed by atoms with Crippen LogP contribution in [0.5, 0.6) is 0 Å². The third-order valence-corrected chi connectivity index (χ3v) is 10.8. The number of aliphatic hydroxyl groups excluding tert-OH is 1. The normalized spacial score (nSPS) is 13.5. The average Bonchev–Trinajstić information content (AvgIpc) is 3.07. The van der Waals surface area contributed by atoms with Crippen LogP contribution in [0.3, 0.4) is 0 Å². The SMILES string of the molecule is CCC(CC)C(=O)/C=C(\O)C(CC)CC.Cc1cc(C)c2ccc3c4ccnc5c4c(cc3c2c1)C(C)(C)c1cc2ccccc2[c-]c1-5.[Ir]. The number of ketones is 1. The van der Waals surface area contributed by atoms with Gasteiger partial charge in [0.05, 0.1) is 5.76 Å². The van der Waals surface area contributed by atoms with E-state index in [0.717, 1.165) is 42.3 Å². The number of aryl methyl sites for hydroxylation is 2. The number of carbonyl (C=O) groups is 1. The van der Waals surface area contributed by atoms with Crippen molar-refractivity contribution in [2.75, 3.05) is 0 Å². The van der Waals surface area contributed by atoms with Crippen LogP contribution in [0.2, 0.25) is 0 Å². The minimum Gasteiger partial charge on any atom is -0.512 e. The zero-order valence-corrected chi connectivity index (χ0v) is 32.5. The van der Waals surface area contributed by atoms with Gasteiger partial charge in [0.15, 0.2) is 5.78 Å². The second kappa shape index (κ2) is 14.6. The van der Waals surface area contributed by atoms with E-state index in [4.69, 9.17) is 4.98 Å². The Morgan fingerprint density at radius 3 is 2.14 bits per heavy atom. The number of aliphatic hydroxyl groups is 1. The van der Waals surface area contributed by atoms with Crippen LogP contribution < -0.4 is 0 Å². The maximum atomic E-state index is 11.7. The molecule has 0 unspecified atom stereocenters. The molecule has 0 saturated heterocycles. The summed E-state index contributed by atoms with van der Waals surface area (Å²) in [6, 6.07) is 28.5. The molecule has 6 aromatic rings. The fourth-order valence-electron chi connectivity index (χ4n) is 7.84. The quantitative estimate of drug-likeness (QED) is 0.0755. The first-order valence-electron chi connectivity index (χ1n) is 17.7. The van der Waals surface area contributed by atoms with E-state index in [0.29, 0.717) is 0 Å². The van der Waals surface area contributed by atoms with Crippen LogP contribution in [0.25, 0.3) is 54.3 Å². The average molecular weight is 827 g/mol. The minimum atomic E-state index is -0.153. The van der Waals surface area contributed by atoms with E-state index in [2.05, 4.69) is 100 Å². The fraction of sp³-hybridized carbons (Fsp3) is 0.333. The van der Waals surface area contributed by atoms with Gasteiger partial charge in [-0.1, -0.05) is 112 Å². The maximum absolute atomic E-state index is 11.7. The van der Waals surface area contributed by atoms with Gasteiger partial charge in [-0.25, -0.2) is 0 Å².